The van der Waals surface area contributed by atoms with Crippen LogP contribution >= 0.6 is 11.3 Å². The standard InChI is InChI=1S/C24H16S/c1-3-11-19-17(9-1)18-10-2-4-12-20(18)22-14-6-8-16-24(22)25-23-15-7-5-13-21(19)23/h1-16H. The molecular weight excluding hydrogens is 320 g/mol. The third kappa shape index (κ3) is 2.36. The van der Waals surface area contributed by atoms with Crippen molar-refractivity contribution < 1.29 is 0 Å². The van der Waals surface area contributed by atoms with Crippen LogP contribution in [0.25, 0.3) is 41.7 Å². The summed E-state index contributed by atoms with van der Waals surface area (Å²) in [6, 6.07) is 34.9. The van der Waals surface area contributed by atoms with Gasteiger partial charge in [0.2, 0.25) is 0 Å². The van der Waals surface area contributed by atoms with Gasteiger partial charge in [-0.2, -0.15) is 0 Å². The SMILES string of the molecule is c1ccc2c(c1)sc1ccccc1c1ccccc1c1ccccc21. The Morgan fingerprint density at radius 1 is 0.320 bits per heavy atom. The van der Waals surface area contributed by atoms with Gasteiger partial charge in [-0.05, 0) is 44.5 Å². The highest BCUT2D eigenvalue weighted by Gasteiger charge is 2.04. The van der Waals surface area contributed by atoms with Crippen molar-refractivity contribution in [3.05, 3.63) is 97.1 Å². The van der Waals surface area contributed by atoms with E-state index in [2.05, 4.69) is 97.1 Å². The van der Waals surface area contributed by atoms with Gasteiger partial charge < -0.3 is 0 Å². The van der Waals surface area contributed by atoms with Crippen LogP contribution in [0.4, 0.5) is 0 Å². The first-order valence-electron chi connectivity index (χ1n) is 8.47. The lowest BCUT2D eigenvalue weighted by Crippen LogP contribution is -1.75. The third-order valence-electron chi connectivity index (χ3n) is 4.72. The maximum Gasteiger partial charge on any atom is 0.0355 e. The van der Waals surface area contributed by atoms with Crippen LogP contribution in [0.1, 0.15) is 0 Å². The van der Waals surface area contributed by atoms with Crippen LogP contribution in [-0.4, -0.2) is 0 Å². The Morgan fingerprint density at radius 2 is 0.600 bits per heavy atom. The Kier molecular flexibility index (Phi) is 3.39. The number of fused-ring (bicyclic) bond motifs is 7. The normalized spacial score (nSPS) is 11.2. The number of hydrogen-bond donors (Lipinski definition) is 0. The highest BCUT2D eigenvalue weighted by Crippen LogP contribution is 2.34. The average Bonchev–Trinajstić information content (AvgIpc) is 2.73. The summed E-state index contributed by atoms with van der Waals surface area (Å²) in [4.78, 5) is 0. The molecule has 5 aromatic rings. The van der Waals surface area contributed by atoms with Crippen LogP contribution in [-0.2, 0) is 0 Å². The quantitative estimate of drug-likeness (QED) is 0.275. The van der Waals surface area contributed by atoms with Crippen molar-refractivity contribution in [3.8, 4) is 0 Å². The molecule has 0 aliphatic heterocycles. The van der Waals surface area contributed by atoms with Crippen LogP contribution in [0.2, 0.25) is 0 Å². The molecule has 0 bridgehead atoms. The van der Waals surface area contributed by atoms with Gasteiger partial charge >= 0.3 is 0 Å². The van der Waals surface area contributed by atoms with Gasteiger partial charge in [-0.15, -0.1) is 11.3 Å². The highest BCUT2D eigenvalue weighted by molar-refractivity contribution is 7.24. The Labute approximate surface area is 150 Å². The van der Waals surface area contributed by atoms with E-state index in [9.17, 15) is 0 Å². The lowest BCUT2D eigenvalue weighted by Gasteiger charge is -2.02. The molecule has 4 aromatic carbocycles. The molecule has 0 aliphatic rings. The first-order valence-corrected chi connectivity index (χ1v) is 9.28. The predicted octanol–water partition coefficient (Wildman–Crippen LogP) is 7.49. The fourth-order valence-electron chi connectivity index (χ4n) is 3.58. The van der Waals surface area contributed by atoms with E-state index >= 15 is 0 Å². The van der Waals surface area contributed by atoms with Gasteiger partial charge in [-0.25, -0.2) is 0 Å². The van der Waals surface area contributed by atoms with Crippen molar-refractivity contribution in [1.29, 1.82) is 0 Å². The molecule has 118 valence electrons. The summed E-state index contributed by atoms with van der Waals surface area (Å²) in [5.74, 6) is 0. The second-order valence-corrected chi connectivity index (χ2v) is 7.27. The second kappa shape index (κ2) is 5.87. The zero-order chi connectivity index (χ0) is 16.6. The van der Waals surface area contributed by atoms with Gasteiger partial charge in [0.05, 0.1) is 0 Å². The van der Waals surface area contributed by atoms with Crippen molar-refractivity contribution >= 4 is 53.1 Å². The molecule has 1 heterocycles. The summed E-state index contributed by atoms with van der Waals surface area (Å²) in [6.07, 6.45) is 0. The van der Waals surface area contributed by atoms with E-state index in [1.807, 2.05) is 11.3 Å². The lowest BCUT2D eigenvalue weighted by atomic mass is 10.0. The molecule has 25 heavy (non-hydrogen) atoms. The van der Waals surface area contributed by atoms with E-state index in [1.165, 1.54) is 41.7 Å². The summed E-state index contributed by atoms with van der Waals surface area (Å²) < 4.78 is 2.60. The molecule has 0 aliphatic carbocycles. The molecule has 0 radical (unpaired) electrons. The summed E-state index contributed by atoms with van der Waals surface area (Å²) in [5, 5.41) is 7.78. The minimum absolute atomic E-state index is 1.29. The van der Waals surface area contributed by atoms with Gasteiger partial charge in [0.1, 0.15) is 0 Å². The molecule has 0 nitrogen and oxygen atoms in total. The van der Waals surface area contributed by atoms with E-state index in [1.54, 1.807) is 0 Å². The fraction of sp³-hybridized carbons (Fsp3) is 0. The topological polar surface area (TPSA) is 0 Å². The Morgan fingerprint density at radius 3 is 1.00 bits per heavy atom. The molecule has 1 heteroatoms. The van der Waals surface area contributed by atoms with Crippen LogP contribution in [0.3, 0.4) is 0 Å². The molecule has 0 atom stereocenters. The zero-order valence-corrected chi connectivity index (χ0v) is 14.5. The maximum absolute atomic E-state index is 2.24. The Balaban J connectivity index is 2.27. The molecule has 0 saturated heterocycles. The van der Waals surface area contributed by atoms with Crippen molar-refractivity contribution in [1.82, 2.24) is 0 Å². The molecule has 1 aromatic heterocycles. The summed E-state index contributed by atoms with van der Waals surface area (Å²) in [5.41, 5.74) is 0. The largest absolute Gasteiger partial charge is 0.135 e. The highest BCUT2D eigenvalue weighted by atomic mass is 32.1. The predicted molar refractivity (Wildman–Crippen MR) is 112 cm³/mol. The Hall–Kier alpha value is -2.90. The smallest absolute Gasteiger partial charge is 0.0355 e. The van der Waals surface area contributed by atoms with Crippen LogP contribution < -0.4 is 0 Å². The second-order valence-electron chi connectivity index (χ2n) is 6.19. The first kappa shape index (κ1) is 14.4. The number of hydrogen-bond acceptors (Lipinski definition) is 1. The van der Waals surface area contributed by atoms with Gasteiger partial charge in [-0.1, -0.05) is 84.9 Å². The van der Waals surface area contributed by atoms with E-state index in [0.717, 1.165) is 0 Å². The van der Waals surface area contributed by atoms with E-state index in [0.29, 0.717) is 0 Å². The van der Waals surface area contributed by atoms with Crippen molar-refractivity contribution in [3.63, 3.8) is 0 Å². The minimum atomic E-state index is 1.29. The van der Waals surface area contributed by atoms with Crippen molar-refractivity contribution in [2.24, 2.45) is 0 Å². The molecule has 0 spiro atoms. The minimum Gasteiger partial charge on any atom is -0.135 e. The average molecular weight is 336 g/mol. The summed E-state index contributed by atoms with van der Waals surface area (Å²) in [7, 11) is 0. The number of benzene rings is 4. The molecule has 0 unspecified atom stereocenters. The first-order chi connectivity index (χ1) is 12.4. The van der Waals surface area contributed by atoms with Gasteiger partial charge in [0.25, 0.3) is 0 Å². The monoisotopic (exact) mass is 336 g/mol. The van der Waals surface area contributed by atoms with Crippen molar-refractivity contribution in [2.45, 2.75) is 0 Å². The Bertz CT molecular complexity index is 1190. The van der Waals surface area contributed by atoms with Gasteiger partial charge in [0.15, 0.2) is 0 Å². The fourth-order valence-corrected chi connectivity index (χ4v) is 4.69. The van der Waals surface area contributed by atoms with Crippen LogP contribution in [0.15, 0.2) is 97.1 Å². The maximum atomic E-state index is 2.24. The van der Waals surface area contributed by atoms with Crippen LogP contribution in [0, 0.1) is 0 Å². The van der Waals surface area contributed by atoms with Crippen molar-refractivity contribution in [2.75, 3.05) is 0 Å². The van der Waals surface area contributed by atoms with E-state index in [4.69, 9.17) is 0 Å². The molecule has 0 N–H and O–H groups in total. The zero-order valence-electron chi connectivity index (χ0n) is 13.6. The third-order valence-corrected chi connectivity index (χ3v) is 5.87. The summed E-state index contributed by atoms with van der Waals surface area (Å²) in [6.45, 7) is 0. The van der Waals surface area contributed by atoms with Gasteiger partial charge in [0, 0.05) is 9.40 Å². The summed E-state index contributed by atoms with van der Waals surface area (Å²) >= 11 is 1.86. The van der Waals surface area contributed by atoms with Crippen LogP contribution in [0.5, 0.6) is 0 Å². The molecular formula is C24H16S. The lowest BCUT2D eigenvalue weighted by molar-refractivity contribution is 1.80. The van der Waals surface area contributed by atoms with Gasteiger partial charge in [-0.3, -0.25) is 0 Å². The molecule has 0 amide bonds. The van der Waals surface area contributed by atoms with E-state index < -0.39 is 0 Å². The molecule has 0 fully saturated rings. The molecule has 5 rings (SSSR count). The van der Waals surface area contributed by atoms with E-state index in [-0.39, 0.29) is 0 Å². The number of rotatable bonds is 0. The molecule has 0 saturated carbocycles.